The van der Waals surface area contributed by atoms with E-state index in [1.165, 1.54) is 23.8 Å². The van der Waals surface area contributed by atoms with E-state index < -0.39 is 17.4 Å². The van der Waals surface area contributed by atoms with Crippen LogP contribution in [0.15, 0.2) is 28.9 Å². The largest absolute Gasteiger partial charge is 0.465 e. The number of pyridine rings is 1. The monoisotopic (exact) mass is 574 g/mol. The van der Waals surface area contributed by atoms with Crippen LogP contribution in [0.4, 0.5) is 9.18 Å². The molecule has 5 rings (SSSR count). The summed E-state index contributed by atoms with van der Waals surface area (Å²) in [5.41, 5.74) is 1.29. The van der Waals surface area contributed by atoms with Crippen LogP contribution in [-0.4, -0.2) is 66.2 Å². The van der Waals surface area contributed by atoms with Crippen LogP contribution in [0.1, 0.15) is 46.1 Å². The average molecular weight is 575 g/mol. The zero-order valence-electron chi connectivity index (χ0n) is 21.5. The van der Waals surface area contributed by atoms with Crippen LogP contribution in [0.5, 0.6) is 11.6 Å². The van der Waals surface area contributed by atoms with E-state index in [1.807, 2.05) is 44.5 Å². The van der Waals surface area contributed by atoms with Crippen LogP contribution in [-0.2, 0) is 13.1 Å². The molecule has 1 saturated carbocycles. The Morgan fingerprint density at radius 1 is 1.30 bits per heavy atom. The molecule has 0 bridgehead atoms. The van der Waals surface area contributed by atoms with Crippen molar-refractivity contribution in [1.82, 2.24) is 29.8 Å². The molecule has 0 radical (unpaired) electrons. The summed E-state index contributed by atoms with van der Waals surface area (Å²) in [6, 6.07) is 5.20. The van der Waals surface area contributed by atoms with Gasteiger partial charge >= 0.3 is 6.09 Å². The molecule has 1 amide bonds. The van der Waals surface area contributed by atoms with Gasteiger partial charge in [0.15, 0.2) is 0 Å². The number of aromatic nitrogens is 4. The van der Waals surface area contributed by atoms with Crippen molar-refractivity contribution in [2.24, 2.45) is 11.3 Å². The number of carbonyl (C=O) groups is 1. The predicted molar refractivity (Wildman–Crippen MR) is 140 cm³/mol. The molecular weight excluding hydrogens is 543 g/mol. The number of hydrogen-bond donors (Lipinski definition) is 1. The van der Waals surface area contributed by atoms with Crippen molar-refractivity contribution in [2.75, 3.05) is 19.6 Å². The molecule has 198 valence electrons. The number of hydrogen-bond acceptors (Lipinski definition) is 6. The maximum Gasteiger partial charge on any atom is 0.407 e. The molecular formula is C26H32BrFN6O3. The van der Waals surface area contributed by atoms with Crippen LogP contribution < -0.4 is 4.74 Å². The first-order valence-electron chi connectivity index (χ1n) is 12.5. The van der Waals surface area contributed by atoms with Gasteiger partial charge in [0.2, 0.25) is 5.88 Å². The van der Waals surface area contributed by atoms with Crippen molar-refractivity contribution < 1.29 is 19.0 Å². The van der Waals surface area contributed by atoms with Gasteiger partial charge in [-0.05, 0) is 65.2 Å². The van der Waals surface area contributed by atoms with Gasteiger partial charge in [0.05, 0.1) is 21.7 Å². The van der Waals surface area contributed by atoms with Gasteiger partial charge in [0, 0.05) is 38.3 Å². The molecule has 3 heterocycles. The molecule has 2 aromatic heterocycles. The molecule has 2 fully saturated rings. The van der Waals surface area contributed by atoms with Gasteiger partial charge in [-0.3, -0.25) is 9.80 Å². The van der Waals surface area contributed by atoms with Crippen LogP contribution >= 0.6 is 15.9 Å². The number of nitrogens with zero attached hydrogens (tertiary/aromatic N) is 6. The first-order chi connectivity index (χ1) is 17.5. The van der Waals surface area contributed by atoms with Gasteiger partial charge in [-0.1, -0.05) is 26.0 Å². The van der Waals surface area contributed by atoms with Crippen LogP contribution in [0.2, 0.25) is 0 Å². The summed E-state index contributed by atoms with van der Waals surface area (Å²) in [6.07, 6.45) is 2.66. The lowest BCUT2D eigenvalue weighted by atomic mass is 9.72. The number of amides is 1. The Kier molecular flexibility index (Phi) is 6.64. The lowest BCUT2D eigenvalue weighted by Crippen LogP contribution is -2.67. The Balaban J connectivity index is 1.40. The molecule has 0 spiro atoms. The Bertz CT molecular complexity index is 1340. The van der Waals surface area contributed by atoms with Crippen molar-refractivity contribution in [3.8, 4) is 11.6 Å². The third kappa shape index (κ3) is 5.03. The average Bonchev–Trinajstić information content (AvgIpc) is 3.54. The topological polar surface area (TPSA) is 96.6 Å². The molecule has 0 unspecified atom stereocenters. The molecule has 1 aliphatic carbocycles. The van der Waals surface area contributed by atoms with E-state index in [1.54, 1.807) is 0 Å². The second kappa shape index (κ2) is 9.50. The summed E-state index contributed by atoms with van der Waals surface area (Å²) in [6.45, 7) is 10.7. The predicted octanol–water partition coefficient (Wildman–Crippen LogP) is 5.53. The summed E-state index contributed by atoms with van der Waals surface area (Å²) in [5, 5.41) is 18.5. The van der Waals surface area contributed by atoms with E-state index in [0.29, 0.717) is 59.3 Å². The fourth-order valence-electron chi connectivity index (χ4n) is 4.94. The van der Waals surface area contributed by atoms with E-state index in [-0.39, 0.29) is 5.41 Å². The Labute approximate surface area is 223 Å². The molecule has 1 atom stereocenters. The number of ether oxygens (including phenoxy) is 1. The SMILES string of the molecule is CC(C)(C)[C@@]1(C)CN(Cc2cc(F)cnc2Oc2ccc3c(nnn3CC3CC3)c2Br)CCN1C(=O)O. The van der Waals surface area contributed by atoms with E-state index >= 15 is 0 Å². The van der Waals surface area contributed by atoms with Crippen molar-refractivity contribution >= 4 is 33.1 Å². The number of piperazine rings is 1. The van der Waals surface area contributed by atoms with Gasteiger partial charge in [-0.25, -0.2) is 18.9 Å². The quantitative estimate of drug-likeness (QED) is 0.413. The third-order valence-electron chi connectivity index (χ3n) is 7.82. The second-order valence-electron chi connectivity index (χ2n) is 11.3. The van der Waals surface area contributed by atoms with E-state index in [9.17, 15) is 14.3 Å². The maximum absolute atomic E-state index is 14.3. The Morgan fingerprint density at radius 3 is 2.73 bits per heavy atom. The van der Waals surface area contributed by atoms with Gasteiger partial charge < -0.3 is 9.84 Å². The first kappa shape index (κ1) is 25.8. The minimum Gasteiger partial charge on any atom is -0.465 e. The zero-order chi connectivity index (χ0) is 26.5. The molecule has 37 heavy (non-hydrogen) atoms. The molecule has 3 aromatic rings. The van der Waals surface area contributed by atoms with Crippen molar-refractivity contribution in [2.45, 2.75) is 59.2 Å². The third-order valence-corrected chi connectivity index (χ3v) is 8.59. The number of carboxylic acid groups (broad SMARTS) is 1. The Hall–Kier alpha value is -2.79. The van der Waals surface area contributed by atoms with Gasteiger partial charge in [0.1, 0.15) is 17.1 Å². The molecule has 11 heteroatoms. The summed E-state index contributed by atoms with van der Waals surface area (Å²) in [7, 11) is 0. The number of benzene rings is 1. The van der Waals surface area contributed by atoms with Crippen LogP contribution in [0, 0.1) is 17.2 Å². The van der Waals surface area contributed by atoms with Gasteiger partial charge in [0.25, 0.3) is 0 Å². The van der Waals surface area contributed by atoms with E-state index in [4.69, 9.17) is 4.74 Å². The lowest BCUT2D eigenvalue weighted by molar-refractivity contribution is -0.0463. The summed E-state index contributed by atoms with van der Waals surface area (Å²) < 4.78 is 23.1. The summed E-state index contributed by atoms with van der Waals surface area (Å²) in [5.74, 6) is 1.03. The molecule has 9 nitrogen and oxygen atoms in total. The fourth-order valence-corrected chi connectivity index (χ4v) is 5.43. The molecule has 1 aromatic carbocycles. The van der Waals surface area contributed by atoms with Gasteiger partial charge in [-0.2, -0.15) is 0 Å². The maximum atomic E-state index is 14.3. The first-order valence-corrected chi connectivity index (χ1v) is 13.3. The fraction of sp³-hybridized carbons (Fsp3) is 0.538. The highest BCUT2D eigenvalue weighted by molar-refractivity contribution is 9.10. The van der Waals surface area contributed by atoms with Crippen LogP contribution in [0.25, 0.3) is 11.0 Å². The van der Waals surface area contributed by atoms with E-state index in [2.05, 4.69) is 36.1 Å². The highest BCUT2D eigenvalue weighted by atomic mass is 79.9. The molecule has 1 saturated heterocycles. The Morgan fingerprint density at radius 2 is 2.05 bits per heavy atom. The molecule has 2 aliphatic rings. The van der Waals surface area contributed by atoms with Crippen molar-refractivity contribution in [3.05, 3.63) is 40.2 Å². The number of fused-ring (bicyclic) bond motifs is 1. The minimum atomic E-state index is -0.928. The molecule has 1 aliphatic heterocycles. The minimum absolute atomic E-state index is 0.296. The summed E-state index contributed by atoms with van der Waals surface area (Å²) in [4.78, 5) is 19.9. The second-order valence-corrected chi connectivity index (χ2v) is 12.1. The van der Waals surface area contributed by atoms with Crippen LogP contribution in [0.3, 0.4) is 0 Å². The smallest absolute Gasteiger partial charge is 0.407 e. The standard InChI is InChI=1S/C26H32BrFN6O3/c1-25(2,3)26(4)15-32(9-10-33(26)24(35)36)14-17-11-18(28)12-29-23(17)37-20-8-7-19-22(21(20)27)30-31-34(19)13-16-5-6-16/h7-8,11-12,16H,5-6,9-10,13-15H2,1-4H3,(H,35,36)/t26-/m1/s1. The number of halogens is 2. The zero-order valence-corrected chi connectivity index (χ0v) is 23.1. The molecule has 1 N–H and O–H groups in total. The normalized spacial score (nSPS) is 21.0. The lowest BCUT2D eigenvalue weighted by Gasteiger charge is -2.54. The van der Waals surface area contributed by atoms with E-state index in [0.717, 1.165) is 18.3 Å². The van der Waals surface area contributed by atoms with Gasteiger partial charge in [-0.15, -0.1) is 5.10 Å². The number of rotatable bonds is 6. The highest BCUT2D eigenvalue weighted by Crippen LogP contribution is 2.40. The van der Waals surface area contributed by atoms with Crippen molar-refractivity contribution in [1.29, 1.82) is 0 Å². The van der Waals surface area contributed by atoms with Crippen molar-refractivity contribution in [3.63, 3.8) is 0 Å². The highest BCUT2D eigenvalue weighted by Gasteiger charge is 2.48. The summed E-state index contributed by atoms with van der Waals surface area (Å²) >= 11 is 3.61.